The van der Waals surface area contributed by atoms with Crippen LogP contribution in [-0.4, -0.2) is 48.2 Å². The third-order valence-corrected chi connectivity index (χ3v) is 10.1. The van der Waals surface area contributed by atoms with E-state index in [1.807, 2.05) is 0 Å². The second-order valence-corrected chi connectivity index (χ2v) is 12.5. The maximum absolute atomic E-state index is 5.74. The van der Waals surface area contributed by atoms with Crippen LogP contribution in [-0.2, 0) is 4.74 Å². The Bertz CT molecular complexity index is 624. The number of ether oxygens (including phenoxy) is 1. The summed E-state index contributed by atoms with van der Waals surface area (Å²) in [5.41, 5.74) is 0.617. The second-order valence-electron chi connectivity index (χ2n) is 12.5. The predicted molar refractivity (Wildman–Crippen MR) is 115 cm³/mol. The number of nitrogens with zero attached hydrogens (tertiary/aromatic N) is 2. The van der Waals surface area contributed by atoms with Crippen molar-refractivity contribution in [1.82, 2.24) is 10.2 Å². The molecule has 0 aromatic carbocycles. The van der Waals surface area contributed by atoms with E-state index in [2.05, 4.69) is 10.2 Å². The first-order chi connectivity index (χ1) is 14.1. The zero-order chi connectivity index (χ0) is 19.1. The van der Waals surface area contributed by atoms with Gasteiger partial charge in [-0.25, -0.2) is 4.99 Å². The molecule has 29 heavy (non-hydrogen) atoms. The molecule has 0 spiro atoms. The molecule has 0 aromatic rings. The van der Waals surface area contributed by atoms with Crippen LogP contribution in [0.5, 0.6) is 0 Å². The highest BCUT2D eigenvalue weighted by Gasteiger charge is 2.54. The second kappa shape index (κ2) is 6.37. The zero-order valence-electron chi connectivity index (χ0n) is 18.1. The molecule has 0 amide bonds. The third kappa shape index (κ3) is 3.06. The molecule has 0 aromatic heterocycles. The normalized spacial score (nSPS) is 53.0. The van der Waals surface area contributed by atoms with Crippen LogP contribution in [0.15, 0.2) is 4.99 Å². The Morgan fingerprint density at radius 3 is 1.62 bits per heavy atom. The van der Waals surface area contributed by atoms with Crippen molar-refractivity contribution >= 4 is 5.96 Å². The van der Waals surface area contributed by atoms with Gasteiger partial charge in [-0.3, -0.25) is 0 Å². The van der Waals surface area contributed by atoms with Gasteiger partial charge in [0.1, 0.15) is 0 Å². The topological polar surface area (TPSA) is 36.9 Å². The van der Waals surface area contributed by atoms with Crippen LogP contribution < -0.4 is 5.32 Å². The van der Waals surface area contributed by atoms with Crippen molar-refractivity contribution in [2.24, 2.45) is 40.5 Å². The van der Waals surface area contributed by atoms with Crippen molar-refractivity contribution in [1.29, 1.82) is 0 Å². The zero-order valence-corrected chi connectivity index (χ0v) is 18.1. The van der Waals surface area contributed by atoms with Crippen LogP contribution in [0.1, 0.15) is 77.0 Å². The lowest BCUT2D eigenvalue weighted by Gasteiger charge is -2.58. The smallest absolute Gasteiger partial charge is 0.195 e. The molecular formula is C25H39N3O. The van der Waals surface area contributed by atoms with Gasteiger partial charge in [-0.15, -0.1) is 0 Å². The summed E-state index contributed by atoms with van der Waals surface area (Å²) in [6.07, 6.45) is 17.4. The maximum atomic E-state index is 5.74. The molecule has 9 aliphatic rings. The summed E-state index contributed by atoms with van der Waals surface area (Å²) < 4.78 is 5.71. The third-order valence-electron chi connectivity index (χ3n) is 10.1. The summed E-state index contributed by atoms with van der Waals surface area (Å²) in [6.45, 7) is 3.76. The molecule has 4 nitrogen and oxygen atoms in total. The van der Waals surface area contributed by atoms with E-state index in [1.54, 1.807) is 0 Å². The number of hydrogen-bond donors (Lipinski definition) is 1. The van der Waals surface area contributed by atoms with E-state index in [1.165, 1.54) is 83.0 Å². The lowest BCUT2D eigenvalue weighted by Crippen LogP contribution is -2.63. The van der Waals surface area contributed by atoms with Gasteiger partial charge in [0.05, 0.1) is 18.8 Å². The predicted octanol–water partition coefficient (Wildman–Crippen LogP) is 4.20. The monoisotopic (exact) mass is 397 g/mol. The van der Waals surface area contributed by atoms with Gasteiger partial charge in [0.2, 0.25) is 0 Å². The minimum atomic E-state index is 0.262. The lowest BCUT2D eigenvalue weighted by atomic mass is 9.53. The van der Waals surface area contributed by atoms with Crippen molar-refractivity contribution in [3.05, 3.63) is 0 Å². The molecule has 8 bridgehead atoms. The molecule has 1 aliphatic heterocycles. The molecule has 160 valence electrons. The van der Waals surface area contributed by atoms with Crippen molar-refractivity contribution in [3.8, 4) is 0 Å². The minimum absolute atomic E-state index is 0.262. The number of nitrogens with one attached hydrogen (secondary N) is 1. The largest absolute Gasteiger partial charge is 0.378 e. The molecule has 9 rings (SSSR count). The van der Waals surface area contributed by atoms with E-state index in [4.69, 9.17) is 9.73 Å². The van der Waals surface area contributed by atoms with E-state index < -0.39 is 0 Å². The van der Waals surface area contributed by atoms with E-state index >= 15 is 0 Å². The summed E-state index contributed by atoms with van der Waals surface area (Å²) in [6, 6.07) is 0. The van der Waals surface area contributed by atoms with Crippen LogP contribution in [0.3, 0.4) is 0 Å². The Labute approximate surface area is 176 Å². The molecule has 8 aliphatic carbocycles. The van der Waals surface area contributed by atoms with Gasteiger partial charge >= 0.3 is 0 Å². The number of guanidine groups is 1. The average molecular weight is 398 g/mol. The quantitative estimate of drug-likeness (QED) is 0.560. The van der Waals surface area contributed by atoms with Gasteiger partial charge in [0.25, 0.3) is 0 Å². The van der Waals surface area contributed by atoms with Crippen LogP contribution in [0.4, 0.5) is 0 Å². The summed E-state index contributed by atoms with van der Waals surface area (Å²) in [5.74, 6) is 7.15. The average Bonchev–Trinajstić information content (AvgIpc) is 2.65. The fourth-order valence-electron chi connectivity index (χ4n) is 9.88. The highest BCUT2D eigenvalue weighted by molar-refractivity contribution is 5.81. The molecular weight excluding hydrogens is 358 g/mol. The van der Waals surface area contributed by atoms with Gasteiger partial charge in [-0.1, -0.05) is 0 Å². The van der Waals surface area contributed by atoms with Crippen LogP contribution >= 0.6 is 0 Å². The molecule has 1 heterocycles. The Kier molecular flexibility index (Phi) is 3.92. The summed E-state index contributed by atoms with van der Waals surface area (Å²) >= 11 is 0. The first-order valence-corrected chi connectivity index (χ1v) is 12.9. The van der Waals surface area contributed by atoms with Crippen molar-refractivity contribution in [3.63, 3.8) is 0 Å². The van der Waals surface area contributed by atoms with E-state index in [0.717, 1.165) is 61.8 Å². The Balaban J connectivity index is 1.21. The van der Waals surface area contributed by atoms with Gasteiger partial charge in [-0.2, -0.15) is 0 Å². The molecule has 1 N–H and O–H groups in total. The Morgan fingerprint density at radius 2 is 1.14 bits per heavy atom. The van der Waals surface area contributed by atoms with Gasteiger partial charge < -0.3 is 15.0 Å². The summed E-state index contributed by atoms with van der Waals surface area (Å²) in [4.78, 5) is 8.31. The molecule has 0 atom stereocenters. The standard InChI is InChI=1S/C25H39N3O/c1-3-29-4-2-28(1)23(26-24-11-17-5-18(12-24)7-19(6-17)13-24)27-25-14-20-8-21(15-25)10-22(9-20)16-25/h17-22H,1-16H2,(H,26,27). The minimum Gasteiger partial charge on any atom is -0.378 e. The fraction of sp³-hybridized carbons (Fsp3) is 0.960. The number of rotatable bonds is 2. The molecule has 4 heteroatoms. The van der Waals surface area contributed by atoms with E-state index in [9.17, 15) is 0 Å². The summed E-state index contributed by atoms with van der Waals surface area (Å²) in [7, 11) is 0. The lowest BCUT2D eigenvalue weighted by molar-refractivity contribution is -0.0157. The Morgan fingerprint density at radius 1 is 0.690 bits per heavy atom. The van der Waals surface area contributed by atoms with Gasteiger partial charge in [0.15, 0.2) is 5.96 Å². The van der Waals surface area contributed by atoms with Crippen LogP contribution in [0.2, 0.25) is 0 Å². The summed E-state index contributed by atoms with van der Waals surface area (Å²) in [5, 5.41) is 4.23. The molecule has 1 saturated heterocycles. The van der Waals surface area contributed by atoms with Crippen molar-refractivity contribution in [2.45, 2.75) is 88.1 Å². The molecule has 9 fully saturated rings. The number of hydrogen-bond acceptors (Lipinski definition) is 2. The van der Waals surface area contributed by atoms with Gasteiger partial charge in [-0.05, 0) is 113 Å². The van der Waals surface area contributed by atoms with E-state index in [-0.39, 0.29) is 5.54 Å². The molecule has 8 saturated carbocycles. The van der Waals surface area contributed by atoms with E-state index in [0.29, 0.717) is 5.54 Å². The van der Waals surface area contributed by atoms with Crippen LogP contribution in [0, 0.1) is 35.5 Å². The first-order valence-electron chi connectivity index (χ1n) is 12.9. The van der Waals surface area contributed by atoms with Crippen molar-refractivity contribution < 1.29 is 4.74 Å². The highest BCUT2D eigenvalue weighted by atomic mass is 16.5. The first kappa shape index (κ1) is 17.9. The molecule has 0 radical (unpaired) electrons. The highest BCUT2D eigenvalue weighted by Crippen LogP contribution is 2.58. The molecule has 0 unspecified atom stereocenters. The number of aliphatic imine (C=N–C) groups is 1. The van der Waals surface area contributed by atoms with Gasteiger partial charge in [0, 0.05) is 18.6 Å². The fourth-order valence-corrected chi connectivity index (χ4v) is 9.88. The van der Waals surface area contributed by atoms with Crippen molar-refractivity contribution in [2.75, 3.05) is 26.3 Å². The Hall–Kier alpha value is -0.770. The number of morpholine rings is 1. The SMILES string of the molecule is C1CN(C(=NC23CC4CC(CC(C4)C2)C3)NC23CC4CC(CC(C4)C2)C3)CCO1. The maximum Gasteiger partial charge on any atom is 0.195 e. The van der Waals surface area contributed by atoms with Crippen LogP contribution in [0.25, 0.3) is 0 Å².